The van der Waals surface area contributed by atoms with Crippen molar-refractivity contribution in [3.8, 4) is 5.75 Å². The minimum atomic E-state index is -3.65. The SMILES string of the molecule is COc1ccc(S(=O)(=O)N(C)C)cc1NC(=O)c1cc(C2CC2)nc2ccccc12. The lowest BCUT2D eigenvalue weighted by molar-refractivity contribution is 0.102. The Labute approximate surface area is 175 Å². The van der Waals surface area contributed by atoms with Gasteiger partial charge in [0, 0.05) is 31.1 Å². The lowest BCUT2D eigenvalue weighted by atomic mass is 10.1. The monoisotopic (exact) mass is 425 g/mol. The van der Waals surface area contributed by atoms with Crippen LogP contribution in [0.2, 0.25) is 0 Å². The van der Waals surface area contributed by atoms with Crippen molar-refractivity contribution in [2.45, 2.75) is 23.7 Å². The number of rotatable bonds is 6. The number of hydrogen-bond donors (Lipinski definition) is 1. The van der Waals surface area contributed by atoms with Gasteiger partial charge in [-0.25, -0.2) is 12.7 Å². The zero-order chi connectivity index (χ0) is 21.5. The van der Waals surface area contributed by atoms with Crippen LogP contribution in [0.5, 0.6) is 5.75 Å². The van der Waals surface area contributed by atoms with E-state index in [1.54, 1.807) is 0 Å². The van der Waals surface area contributed by atoms with E-state index in [-0.39, 0.29) is 10.8 Å². The Morgan fingerprint density at radius 1 is 1.13 bits per heavy atom. The molecular formula is C22H23N3O4S. The largest absolute Gasteiger partial charge is 0.495 e. The van der Waals surface area contributed by atoms with Gasteiger partial charge in [-0.15, -0.1) is 0 Å². The summed E-state index contributed by atoms with van der Waals surface area (Å²) in [5.41, 5.74) is 2.47. The fourth-order valence-electron chi connectivity index (χ4n) is 3.32. The molecule has 4 rings (SSSR count). The number of anilines is 1. The van der Waals surface area contributed by atoms with Crippen LogP contribution in [0.1, 0.15) is 34.8 Å². The van der Waals surface area contributed by atoms with Gasteiger partial charge in [-0.05, 0) is 43.2 Å². The molecule has 0 radical (unpaired) electrons. The number of sulfonamides is 1. The summed E-state index contributed by atoms with van der Waals surface area (Å²) in [4.78, 5) is 18.0. The number of methoxy groups -OCH3 is 1. The standard InChI is InChI=1S/C22H23N3O4S/c1-25(2)30(27,28)15-10-11-21(29-3)20(12-15)24-22(26)17-13-19(14-8-9-14)23-18-7-5-4-6-16(17)18/h4-7,10-14H,8-9H2,1-3H3,(H,24,26). The second-order valence-corrected chi connectivity index (χ2v) is 9.64. The number of nitrogens with one attached hydrogen (secondary N) is 1. The van der Waals surface area contributed by atoms with Gasteiger partial charge in [-0.3, -0.25) is 9.78 Å². The van der Waals surface area contributed by atoms with Crippen LogP contribution in [0.3, 0.4) is 0 Å². The van der Waals surface area contributed by atoms with Crippen molar-refractivity contribution in [2.75, 3.05) is 26.5 Å². The van der Waals surface area contributed by atoms with Crippen molar-refractivity contribution in [2.24, 2.45) is 0 Å². The van der Waals surface area contributed by atoms with Crippen molar-refractivity contribution >= 4 is 32.5 Å². The minimum Gasteiger partial charge on any atom is -0.495 e. The van der Waals surface area contributed by atoms with Gasteiger partial charge in [0.1, 0.15) is 5.75 Å². The van der Waals surface area contributed by atoms with E-state index in [0.717, 1.165) is 33.7 Å². The van der Waals surface area contributed by atoms with Crippen LogP contribution in [0.15, 0.2) is 53.4 Å². The molecule has 7 nitrogen and oxygen atoms in total. The van der Waals surface area contributed by atoms with E-state index in [0.29, 0.717) is 22.9 Å². The van der Waals surface area contributed by atoms with Crippen LogP contribution < -0.4 is 10.1 Å². The number of benzene rings is 2. The van der Waals surface area contributed by atoms with E-state index in [2.05, 4.69) is 5.32 Å². The van der Waals surface area contributed by atoms with Crippen LogP contribution in [0, 0.1) is 0 Å². The molecule has 30 heavy (non-hydrogen) atoms. The molecule has 0 unspecified atom stereocenters. The Balaban J connectivity index is 1.76. The molecule has 1 aliphatic carbocycles. The van der Waals surface area contributed by atoms with Crippen LogP contribution in [0.25, 0.3) is 10.9 Å². The van der Waals surface area contributed by atoms with E-state index >= 15 is 0 Å². The first-order valence-electron chi connectivity index (χ1n) is 9.63. The molecule has 0 aliphatic heterocycles. The van der Waals surface area contributed by atoms with Gasteiger partial charge in [0.2, 0.25) is 10.0 Å². The third-order valence-corrected chi connectivity index (χ3v) is 6.99. The van der Waals surface area contributed by atoms with Gasteiger partial charge in [-0.1, -0.05) is 18.2 Å². The van der Waals surface area contributed by atoms with E-state index < -0.39 is 10.0 Å². The number of amides is 1. The smallest absolute Gasteiger partial charge is 0.256 e. The molecular weight excluding hydrogens is 402 g/mol. The number of pyridine rings is 1. The Kier molecular flexibility index (Phi) is 5.21. The summed E-state index contributed by atoms with van der Waals surface area (Å²) in [5.74, 6) is 0.430. The maximum absolute atomic E-state index is 13.2. The molecule has 0 atom stereocenters. The molecule has 1 saturated carbocycles. The first-order valence-corrected chi connectivity index (χ1v) is 11.1. The van der Waals surface area contributed by atoms with E-state index in [1.807, 2.05) is 30.3 Å². The number of para-hydroxylation sites is 1. The number of ether oxygens (including phenoxy) is 1. The fraction of sp³-hybridized carbons (Fsp3) is 0.273. The normalized spacial score (nSPS) is 14.1. The van der Waals surface area contributed by atoms with Crippen molar-refractivity contribution in [3.63, 3.8) is 0 Å². The van der Waals surface area contributed by atoms with Gasteiger partial charge in [0.05, 0.1) is 28.8 Å². The molecule has 156 valence electrons. The van der Waals surface area contributed by atoms with Crippen molar-refractivity contribution in [3.05, 3.63) is 59.8 Å². The second kappa shape index (κ2) is 7.70. The molecule has 1 fully saturated rings. The summed E-state index contributed by atoms with van der Waals surface area (Å²) in [5, 5.41) is 3.58. The van der Waals surface area contributed by atoms with Gasteiger partial charge >= 0.3 is 0 Å². The van der Waals surface area contributed by atoms with Crippen molar-refractivity contribution in [1.82, 2.24) is 9.29 Å². The first-order chi connectivity index (χ1) is 14.3. The molecule has 1 aromatic heterocycles. The minimum absolute atomic E-state index is 0.0712. The van der Waals surface area contributed by atoms with Crippen LogP contribution in [-0.2, 0) is 10.0 Å². The fourth-order valence-corrected chi connectivity index (χ4v) is 4.25. The summed E-state index contributed by atoms with van der Waals surface area (Å²) < 4.78 is 31.5. The van der Waals surface area contributed by atoms with E-state index in [1.165, 1.54) is 39.4 Å². The molecule has 0 spiro atoms. The number of fused-ring (bicyclic) bond motifs is 1. The summed E-state index contributed by atoms with van der Waals surface area (Å²) in [7, 11) is 0.735. The average Bonchev–Trinajstić information content (AvgIpc) is 3.58. The molecule has 0 saturated heterocycles. The van der Waals surface area contributed by atoms with Crippen LogP contribution >= 0.6 is 0 Å². The number of aromatic nitrogens is 1. The summed E-state index contributed by atoms with van der Waals surface area (Å²) in [6.07, 6.45) is 2.15. The van der Waals surface area contributed by atoms with Gasteiger partial charge in [-0.2, -0.15) is 0 Å². The van der Waals surface area contributed by atoms with Crippen molar-refractivity contribution in [1.29, 1.82) is 0 Å². The van der Waals surface area contributed by atoms with Crippen LogP contribution in [-0.4, -0.2) is 44.8 Å². The highest BCUT2D eigenvalue weighted by Crippen LogP contribution is 2.40. The predicted octanol–water partition coefficient (Wildman–Crippen LogP) is 3.62. The van der Waals surface area contributed by atoms with Gasteiger partial charge in [0.25, 0.3) is 5.91 Å². The Morgan fingerprint density at radius 3 is 2.53 bits per heavy atom. The maximum Gasteiger partial charge on any atom is 0.256 e. The molecule has 8 heteroatoms. The Hall–Kier alpha value is -2.97. The lowest BCUT2D eigenvalue weighted by Gasteiger charge is -2.16. The zero-order valence-electron chi connectivity index (χ0n) is 17.0. The molecule has 1 aliphatic rings. The highest BCUT2D eigenvalue weighted by Gasteiger charge is 2.27. The summed E-state index contributed by atoms with van der Waals surface area (Å²) in [6, 6.07) is 13.7. The maximum atomic E-state index is 13.2. The van der Waals surface area contributed by atoms with Crippen molar-refractivity contribution < 1.29 is 17.9 Å². The Bertz CT molecular complexity index is 1230. The lowest BCUT2D eigenvalue weighted by Crippen LogP contribution is -2.22. The number of hydrogen-bond acceptors (Lipinski definition) is 5. The third kappa shape index (κ3) is 3.76. The molecule has 3 aromatic rings. The molecule has 1 heterocycles. The van der Waals surface area contributed by atoms with E-state index in [4.69, 9.17) is 9.72 Å². The number of carbonyl (C=O) groups excluding carboxylic acids is 1. The highest BCUT2D eigenvalue weighted by molar-refractivity contribution is 7.89. The van der Waals surface area contributed by atoms with Gasteiger partial charge < -0.3 is 10.1 Å². The topological polar surface area (TPSA) is 88.6 Å². The molecule has 0 bridgehead atoms. The van der Waals surface area contributed by atoms with Gasteiger partial charge in [0.15, 0.2) is 0 Å². The molecule has 1 N–H and O–H groups in total. The first kappa shape index (κ1) is 20.3. The number of nitrogens with zero attached hydrogens (tertiary/aromatic N) is 2. The summed E-state index contributed by atoms with van der Waals surface area (Å²) in [6.45, 7) is 0. The molecule has 1 amide bonds. The van der Waals surface area contributed by atoms with E-state index in [9.17, 15) is 13.2 Å². The third-order valence-electron chi connectivity index (χ3n) is 5.17. The number of carbonyl (C=O) groups is 1. The quantitative estimate of drug-likeness (QED) is 0.652. The predicted molar refractivity (Wildman–Crippen MR) is 116 cm³/mol. The molecule has 2 aromatic carbocycles. The second-order valence-electron chi connectivity index (χ2n) is 7.49. The summed E-state index contributed by atoms with van der Waals surface area (Å²) >= 11 is 0. The zero-order valence-corrected chi connectivity index (χ0v) is 17.9. The average molecular weight is 426 g/mol. The van der Waals surface area contributed by atoms with Crippen LogP contribution in [0.4, 0.5) is 5.69 Å². The highest BCUT2D eigenvalue weighted by atomic mass is 32.2. The Morgan fingerprint density at radius 2 is 1.87 bits per heavy atom.